The predicted molar refractivity (Wildman–Crippen MR) is 51.0 cm³/mol. The molecule has 1 heterocycles. The van der Waals surface area contributed by atoms with Crippen LogP contribution >= 0.6 is 0 Å². The summed E-state index contributed by atoms with van der Waals surface area (Å²) in [6.07, 6.45) is 8.14. The van der Waals surface area contributed by atoms with E-state index in [2.05, 4.69) is 5.32 Å². The molecule has 0 aromatic carbocycles. The van der Waals surface area contributed by atoms with Gasteiger partial charge in [-0.2, -0.15) is 0 Å². The Morgan fingerprint density at radius 1 is 1.08 bits per heavy atom. The van der Waals surface area contributed by atoms with Crippen LogP contribution in [0.3, 0.4) is 0 Å². The van der Waals surface area contributed by atoms with Gasteiger partial charge in [0.1, 0.15) is 0 Å². The molecule has 2 nitrogen and oxygen atoms in total. The molecule has 1 aliphatic carbocycles. The lowest BCUT2D eigenvalue weighted by Crippen LogP contribution is -2.46. The van der Waals surface area contributed by atoms with Crippen LogP contribution in [0, 0.1) is 5.92 Å². The zero-order valence-corrected chi connectivity index (χ0v) is 7.76. The quantitative estimate of drug-likeness (QED) is 0.618. The Balaban J connectivity index is 1.85. The minimum atomic E-state index is 0.469. The molecule has 2 atom stereocenters. The Morgan fingerprint density at radius 3 is 2.50 bits per heavy atom. The zero-order valence-electron chi connectivity index (χ0n) is 7.76. The average Bonchev–Trinajstić information content (AvgIpc) is 2.56. The maximum Gasteiger partial charge on any atom is 0.0110 e. The van der Waals surface area contributed by atoms with Gasteiger partial charge in [-0.25, -0.2) is 0 Å². The Kier molecular flexibility index (Phi) is 2.66. The number of hydrogen-bond donors (Lipinski definition) is 2. The highest BCUT2D eigenvalue weighted by Gasteiger charge is 2.28. The van der Waals surface area contributed by atoms with Crippen LogP contribution < -0.4 is 11.1 Å². The third-order valence-electron chi connectivity index (χ3n) is 3.45. The van der Waals surface area contributed by atoms with Gasteiger partial charge in [-0.05, 0) is 38.1 Å². The molecule has 0 radical (unpaired) electrons. The van der Waals surface area contributed by atoms with E-state index < -0.39 is 0 Å². The van der Waals surface area contributed by atoms with Crippen LogP contribution in [0.1, 0.15) is 38.5 Å². The van der Waals surface area contributed by atoms with E-state index in [1.165, 1.54) is 38.5 Å². The van der Waals surface area contributed by atoms with Crippen molar-refractivity contribution in [2.45, 2.75) is 50.6 Å². The third-order valence-corrected chi connectivity index (χ3v) is 3.45. The van der Waals surface area contributed by atoms with Gasteiger partial charge in [0.15, 0.2) is 0 Å². The van der Waals surface area contributed by atoms with Crippen LogP contribution in [0.25, 0.3) is 0 Å². The molecule has 2 rings (SSSR count). The maximum absolute atomic E-state index is 5.95. The molecule has 0 aromatic heterocycles. The lowest BCUT2D eigenvalue weighted by atomic mass is 9.89. The number of nitrogens with two attached hydrogens (primary N) is 1. The molecule has 1 saturated carbocycles. The molecule has 0 amide bonds. The average molecular weight is 168 g/mol. The van der Waals surface area contributed by atoms with Gasteiger partial charge < -0.3 is 11.1 Å². The molecule has 2 aliphatic rings. The largest absolute Gasteiger partial charge is 0.328 e. The first-order valence-electron chi connectivity index (χ1n) is 5.35. The second kappa shape index (κ2) is 3.75. The summed E-state index contributed by atoms with van der Waals surface area (Å²) in [6.45, 7) is 1.14. The second-order valence-electron chi connectivity index (χ2n) is 4.39. The highest BCUT2D eigenvalue weighted by molar-refractivity contribution is 4.87. The van der Waals surface area contributed by atoms with E-state index in [-0.39, 0.29) is 0 Å². The van der Waals surface area contributed by atoms with Gasteiger partial charge in [0.25, 0.3) is 0 Å². The fourth-order valence-electron chi connectivity index (χ4n) is 2.70. The fourth-order valence-corrected chi connectivity index (χ4v) is 2.70. The van der Waals surface area contributed by atoms with Crippen molar-refractivity contribution in [3.05, 3.63) is 0 Å². The lowest BCUT2D eigenvalue weighted by Gasteiger charge is -2.32. The topological polar surface area (TPSA) is 38.0 Å². The van der Waals surface area contributed by atoms with Crippen molar-refractivity contribution in [3.63, 3.8) is 0 Å². The van der Waals surface area contributed by atoms with E-state index in [9.17, 15) is 0 Å². The van der Waals surface area contributed by atoms with Gasteiger partial charge in [-0.1, -0.05) is 12.8 Å². The highest BCUT2D eigenvalue weighted by atomic mass is 14.9. The highest BCUT2D eigenvalue weighted by Crippen LogP contribution is 2.30. The second-order valence-corrected chi connectivity index (χ2v) is 4.39. The van der Waals surface area contributed by atoms with E-state index in [0.29, 0.717) is 6.04 Å². The van der Waals surface area contributed by atoms with Crippen molar-refractivity contribution in [2.24, 2.45) is 11.7 Å². The van der Waals surface area contributed by atoms with E-state index in [0.717, 1.165) is 18.5 Å². The number of piperidine rings is 1. The van der Waals surface area contributed by atoms with Gasteiger partial charge in [-0.3, -0.25) is 0 Å². The minimum absolute atomic E-state index is 0.469. The van der Waals surface area contributed by atoms with Gasteiger partial charge in [0.2, 0.25) is 0 Å². The van der Waals surface area contributed by atoms with Gasteiger partial charge in [-0.15, -0.1) is 0 Å². The fraction of sp³-hybridized carbons (Fsp3) is 1.00. The standard InChI is InChI=1S/C10H20N2/c11-9-5-6-12-10(7-9)8-3-1-2-4-8/h8-10,12H,1-7,11H2. The Labute approximate surface area is 74.9 Å². The molecule has 2 heteroatoms. The first-order valence-corrected chi connectivity index (χ1v) is 5.35. The Bertz CT molecular complexity index is 141. The minimum Gasteiger partial charge on any atom is -0.328 e. The monoisotopic (exact) mass is 168 g/mol. The summed E-state index contributed by atoms with van der Waals surface area (Å²) in [5, 5.41) is 3.61. The summed E-state index contributed by atoms with van der Waals surface area (Å²) in [7, 11) is 0. The summed E-state index contributed by atoms with van der Waals surface area (Å²) in [6, 6.07) is 1.22. The van der Waals surface area contributed by atoms with Crippen molar-refractivity contribution in [1.82, 2.24) is 5.32 Å². The SMILES string of the molecule is NC1CCNC(C2CCCC2)C1. The number of hydrogen-bond acceptors (Lipinski definition) is 2. The van der Waals surface area contributed by atoms with E-state index in [4.69, 9.17) is 5.73 Å². The molecular formula is C10H20N2. The number of rotatable bonds is 1. The van der Waals surface area contributed by atoms with Gasteiger partial charge >= 0.3 is 0 Å². The molecule has 0 aromatic rings. The Hall–Kier alpha value is -0.0800. The van der Waals surface area contributed by atoms with Crippen molar-refractivity contribution >= 4 is 0 Å². The Morgan fingerprint density at radius 2 is 1.83 bits per heavy atom. The summed E-state index contributed by atoms with van der Waals surface area (Å²) in [5.41, 5.74) is 5.95. The number of nitrogens with one attached hydrogen (secondary N) is 1. The van der Waals surface area contributed by atoms with E-state index in [1.54, 1.807) is 0 Å². The molecular weight excluding hydrogens is 148 g/mol. The zero-order chi connectivity index (χ0) is 8.39. The normalized spacial score (nSPS) is 38.8. The van der Waals surface area contributed by atoms with Crippen LogP contribution in [0.2, 0.25) is 0 Å². The smallest absolute Gasteiger partial charge is 0.0110 e. The van der Waals surface area contributed by atoms with Crippen molar-refractivity contribution in [2.75, 3.05) is 6.54 Å². The van der Waals surface area contributed by atoms with Crippen LogP contribution in [0.5, 0.6) is 0 Å². The van der Waals surface area contributed by atoms with Crippen LogP contribution in [0.4, 0.5) is 0 Å². The summed E-state index contributed by atoms with van der Waals surface area (Å²) in [5.74, 6) is 0.941. The lowest BCUT2D eigenvalue weighted by molar-refractivity contribution is 0.276. The molecule has 2 unspecified atom stereocenters. The van der Waals surface area contributed by atoms with E-state index >= 15 is 0 Å². The van der Waals surface area contributed by atoms with Crippen LogP contribution in [-0.4, -0.2) is 18.6 Å². The summed E-state index contributed by atoms with van der Waals surface area (Å²) < 4.78 is 0. The summed E-state index contributed by atoms with van der Waals surface area (Å²) >= 11 is 0. The molecule has 70 valence electrons. The molecule has 1 aliphatic heterocycles. The van der Waals surface area contributed by atoms with Crippen molar-refractivity contribution in [1.29, 1.82) is 0 Å². The summed E-state index contributed by atoms with van der Waals surface area (Å²) in [4.78, 5) is 0. The van der Waals surface area contributed by atoms with Gasteiger partial charge in [0.05, 0.1) is 0 Å². The van der Waals surface area contributed by atoms with Gasteiger partial charge in [0, 0.05) is 12.1 Å². The first kappa shape index (κ1) is 8.52. The predicted octanol–water partition coefficient (Wildman–Crippen LogP) is 1.26. The maximum atomic E-state index is 5.95. The van der Waals surface area contributed by atoms with Crippen molar-refractivity contribution < 1.29 is 0 Å². The molecule has 0 spiro atoms. The van der Waals surface area contributed by atoms with Crippen molar-refractivity contribution in [3.8, 4) is 0 Å². The molecule has 1 saturated heterocycles. The molecule has 12 heavy (non-hydrogen) atoms. The van der Waals surface area contributed by atoms with Crippen LogP contribution in [-0.2, 0) is 0 Å². The third kappa shape index (κ3) is 1.80. The molecule has 2 fully saturated rings. The molecule has 3 N–H and O–H groups in total. The van der Waals surface area contributed by atoms with Crippen LogP contribution in [0.15, 0.2) is 0 Å². The van der Waals surface area contributed by atoms with E-state index in [1.807, 2.05) is 0 Å². The first-order chi connectivity index (χ1) is 5.86. The molecule has 0 bridgehead atoms.